The molecule has 0 saturated carbocycles. The highest BCUT2D eigenvalue weighted by molar-refractivity contribution is 7.90. The Balaban J connectivity index is 2.54. The van der Waals surface area contributed by atoms with Crippen LogP contribution in [0.4, 0.5) is 10.1 Å². The molecule has 2 atom stereocenters. The van der Waals surface area contributed by atoms with Gasteiger partial charge in [-0.15, -0.1) is 0 Å². The van der Waals surface area contributed by atoms with Crippen LogP contribution in [0.3, 0.4) is 0 Å². The molecule has 0 aliphatic rings. The molecule has 0 fully saturated rings. The van der Waals surface area contributed by atoms with Crippen molar-refractivity contribution in [2.24, 2.45) is 0 Å². The van der Waals surface area contributed by atoms with Crippen LogP contribution < -0.4 is 9.62 Å². The number of nitrogens with one attached hydrogen (secondary N) is 1. The maximum Gasteiger partial charge on any atom is 0.304 e. The van der Waals surface area contributed by atoms with E-state index in [4.69, 9.17) is 23.2 Å². The average molecular weight is 576 g/mol. The zero-order chi connectivity index (χ0) is 27.9. The molecule has 2 aromatic carbocycles. The number of para-hydroxylation sites is 1. The van der Waals surface area contributed by atoms with Gasteiger partial charge in [-0.25, -0.2) is 8.70 Å². The molecule has 0 heterocycles. The van der Waals surface area contributed by atoms with Gasteiger partial charge in [0.2, 0.25) is 11.8 Å². The van der Waals surface area contributed by atoms with Gasteiger partial charge in [0, 0.05) is 26.7 Å². The van der Waals surface area contributed by atoms with Crippen molar-refractivity contribution in [3.63, 3.8) is 0 Å². The number of carbonyl (C=O) groups is 2. The molecule has 8 nitrogen and oxygen atoms in total. The van der Waals surface area contributed by atoms with E-state index in [0.29, 0.717) is 21.3 Å². The Labute approximate surface area is 228 Å². The number of halogens is 3. The van der Waals surface area contributed by atoms with E-state index in [1.807, 2.05) is 13.8 Å². The number of amides is 2. The van der Waals surface area contributed by atoms with E-state index in [1.165, 1.54) is 37.2 Å². The molecule has 0 aliphatic carbocycles. The molecule has 0 spiro atoms. The minimum absolute atomic E-state index is 0.0464. The van der Waals surface area contributed by atoms with Gasteiger partial charge in [-0.2, -0.15) is 12.7 Å². The second-order valence-corrected chi connectivity index (χ2v) is 11.6. The van der Waals surface area contributed by atoms with Gasteiger partial charge >= 0.3 is 10.2 Å². The van der Waals surface area contributed by atoms with E-state index in [-0.39, 0.29) is 35.6 Å². The van der Waals surface area contributed by atoms with Gasteiger partial charge < -0.3 is 10.2 Å². The number of hydrogen-bond donors (Lipinski definition) is 1. The van der Waals surface area contributed by atoms with E-state index in [9.17, 15) is 22.4 Å². The fraction of sp³-hybridized carbons (Fsp3) is 0.440. The second-order valence-electron chi connectivity index (χ2n) is 8.76. The molecule has 0 unspecified atom stereocenters. The molecule has 0 aromatic heterocycles. The normalized spacial score (nSPS) is 13.2. The van der Waals surface area contributed by atoms with Crippen LogP contribution in [0.1, 0.15) is 39.2 Å². The van der Waals surface area contributed by atoms with Crippen LogP contribution in [-0.4, -0.2) is 62.2 Å². The number of anilines is 1. The van der Waals surface area contributed by atoms with Crippen molar-refractivity contribution in [2.45, 2.75) is 52.2 Å². The summed E-state index contributed by atoms with van der Waals surface area (Å²) in [5, 5.41) is 3.48. The van der Waals surface area contributed by atoms with Crippen molar-refractivity contribution >= 4 is 50.9 Å². The largest absolute Gasteiger partial charge is 0.352 e. The third-order valence-corrected chi connectivity index (χ3v) is 8.41. The summed E-state index contributed by atoms with van der Waals surface area (Å²) < 4.78 is 42.6. The smallest absolute Gasteiger partial charge is 0.304 e. The lowest BCUT2D eigenvalue weighted by Crippen LogP contribution is -2.54. The van der Waals surface area contributed by atoms with Gasteiger partial charge in [-0.1, -0.05) is 55.2 Å². The van der Waals surface area contributed by atoms with Crippen LogP contribution in [0.2, 0.25) is 10.0 Å². The molecule has 1 N–H and O–H groups in total. The summed E-state index contributed by atoms with van der Waals surface area (Å²) in [7, 11) is -1.69. The van der Waals surface area contributed by atoms with Crippen molar-refractivity contribution < 1.29 is 22.4 Å². The number of nitrogens with zero attached hydrogens (tertiary/aromatic N) is 3. The predicted octanol–water partition coefficient (Wildman–Crippen LogP) is 4.47. The quantitative estimate of drug-likeness (QED) is 0.405. The van der Waals surface area contributed by atoms with Gasteiger partial charge in [0.1, 0.15) is 18.4 Å². The molecule has 12 heteroatoms. The van der Waals surface area contributed by atoms with Crippen LogP contribution in [-0.2, 0) is 26.3 Å². The molecular formula is C25H33Cl2FN4O4S. The van der Waals surface area contributed by atoms with E-state index in [2.05, 4.69) is 5.32 Å². The van der Waals surface area contributed by atoms with Crippen molar-refractivity contribution in [1.29, 1.82) is 0 Å². The van der Waals surface area contributed by atoms with Crippen LogP contribution in [0.25, 0.3) is 0 Å². The lowest BCUT2D eigenvalue weighted by Gasteiger charge is -2.34. The maximum atomic E-state index is 14.7. The first-order valence-corrected chi connectivity index (χ1v) is 14.0. The van der Waals surface area contributed by atoms with Crippen LogP contribution in [0.5, 0.6) is 0 Å². The first-order chi connectivity index (χ1) is 17.3. The van der Waals surface area contributed by atoms with Crippen LogP contribution >= 0.6 is 23.2 Å². The summed E-state index contributed by atoms with van der Waals surface area (Å²) in [4.78, 5) is 28.2. The molecule has 0 radical (unpaired) electrons. The summed E-state index contributed by atoms with van der Waals surface area (Å²) in [6, 6.07) is 9.05. The van der Waals surface area contributed by atoms with Crippen molar-refractivity contribution in [2.75, 3.05) is 24.9 Å². The van der Waals surface area contributed by atoms with Gasteiger partial charge in [-0.05, 0) is 49.6 Å². The molecule has 0 bridgehead atoms. The van der Waals surface area contributed by atoms with Gasteiger partial charge in [-0.3, -0.25) is 9.59 Å². The van der Waals surface area contributed by atoms with Crippen LogP contribution in [0, 0.1) is 5.82 Å². The van der Waals surface area contributed by atoms with E-state index in [0.717, 1.165) is 10.4 Å². The first kappa shape index (κ1) is 30.8. The minimum Gasteiger partial charge on any atom is -0.352 e. The third-order valence-electron chi connectivity index (χ3n) is 5.86. The lowest BCUT2D eigenvalue weighted by molar-refractivity contribution is -0.140. The molecule has 2 rings (SSSR count). The van der Waals surface area contributed by atoms with E-state index < -0.39 is 34.5 Å². The zero-order valence-corrected chi connectivity index (χ0v) is 23.9. The zero-order valence-electron chi connectivity index (χ0n) is 21.5. The van der Waals surface area contributed by atoms with Gasteiger partial charge in [0.25, 0.3) is 0 Å². The van der Waals surface area contributed by atoms with Crippen molar-refractivity contribution in [3.05, 3.63) is 63.9 Å². The topological polar surface area (TPSA) is 90.0 Å². The van der Waals surface area contributed by atoms with E-state index >= 15 is 0 Å². The monoisotopic (exact) mass is 574 g/mol. The molecule has 2 amide bonds. The van der Waals surface area contributed by atoms with Crippen molar-refractivity contribution in [3.8, 4) is 0 Å². The number of rotatable bonds is 12. The Hall–Kier alpha value is -2.40. The van der Waals surface area contributed by atoms with Gasteiger partial charge in [0.05, 0.1) is 15.7 Å². The summed E-state index contributed by atoms with van der Waals surface area (Å²) in [5.74, 6) is -1.87. The second kappa shape index (κ2) is 13.4. The highest BCUT2D eigenvalue weighted by atomic mass is 35.5. The maximum absolute atomic E-state index is 14.7. The fourth-order valence-corrected chi connectivity index (χ4v) is 4.94. The summed E-state index contributed by atoms with van der Waals surface area (Å²) in [5.41, 5.74) is 0.307. The Morgan fingerprint density at radius 1 is 1.03 bits per heavy atom. The number of benzene rings is 2. The van der Waals surface area contributed by atoms with Crippen LogP contribution in [0.15, 0.2) is 42.5 Å². The Kier molecular flexibility index (Phi) is 11.2. The first-order valence-electron chi connectivity index (χ1n) is 11.8. The molecule has 0 saturated heterocycles. The standard InChI is InChI=1S/C25H33Cl2FN4O4S/c1-6-17(3)29-25(34)22(7-2)31(15-18-12-13-19(26)20(27)14-18)24(33)16-32(37(35,36)30(4)5)23-11-9-8-10-21(23)28/h8-14,17,22H,6-7,15-16H2,1-5H3,(H,29,34)/t17-,22-/m0/s1. The van der Waals surface area contributed by atoms with Gasteiger partial charge in [0.15, 0.2) is 0 Å². The number of hydrogen-bond acceptors (Lipinski definition) is 4. The fourth-order valence-electron chi connectivity index (χ4n) is 3.55. The third kappa shape index (κ3) is 7.80. The summed E-state index contributed by atoms with van der Waals surface area (Å²) in [6.07, 6.45) is 0.945. The molecular weight excluding hydrogens is 542 g/mol. The summed E-state index contributed by atoms with van der Waals surface area (Å²) in [6.45, 7) is 4.74. The highest BCUT2D eigenvalue weighted by Crippen LogP contribution is 2.26. The molecule has 204 valence electrons. The van der Waals surface area contributed by atoms with Crippen molar-refractivity contribution in [1.82, 2.24) is 14.5 Å². The lowest BCUT2D eigenvalue weighted by atomic mass is 10.1. The Bertz CT molecular complexity index is 1210. The SMILES string of the molecule is CC[C@H](C)NC(=O)[C@H](CC)N(Cc1ccc(Cl)c(Cl)c1)C(=O)CN(c1ccccc1F)S(=O)(=O)N(C)C. The number of carbonyl (C=O) groups excluding carboxylic acids is 2. The molecule has 37 heavy (non-hydrogen) atoms. The minimum atomic E-state index is -4.26. The Morgan fingerprint density at radius 3 is 2.22 bits per heavy atom. The molecule has 0 aliphatic heterocycles. The highest BCUT2D eigenvalue weighted by Gasteiger charge is 2.35. The average Bonchev–Trinajstić information content (AvgIpc) is 2.84. The predicted molar refractivity (Wildman–Crippen MR) is 145 cm³/mol. The van der Waals surface area contributed by atoms with E-state index in [1.54, 1.807) is 25.1 Å². The molecule has 2 aromatic rings. The Morgan fingerprint density at radius 2 is 1.68 bits per heavy atom. The summed E-state index contributed by atoms with van der Waals surface area (Å²) >= 11 is 12.2.